The maximum Gasteiger partial charge on any atom is 0.0237 e. The first kappa shape index (κ1) is 17.2. The molecular weight excluding hydrogens is 294 g/mol. The van der Waals surface area contributed by atoms with Crippen LogP contribution >= 0.6 is 0 Å². The van der Waals surface area contributed by atoms with E-state index >= 15 is 0 Å². The molecule has 0 bridgehead atoms. The molecule has 1 atom stereocenters. The molecule has 1 N–H and O–H groups in total. The van der Waals surface area contributed by atoms with Crippen LogP contribution in [0.15, 0.2) is 60.7 Å². The third-order valence-electron chi connectivity index (χ3n) is 4.85. The molecule has 0 saturated carbocycles. The first-order chi connectivity index (χ1) is 11.8. The summed E-state index contributed by atoms with van der Waals surface area (Å²) < 4.78 is 0. The standard InChI is InChI=1S/C21H29N3/c1-19-17-23(13-12-22-16-20-8-4-2-5-9-20)14-15-24(19)18-21-10-6-3-7-11-21/h2-11,19,22H,12-18H2,1H3. The highest BCUT2D eigenvalue weighted by Gasteiger charge is 2.23. The Morgan fingerprint density at radius 3 is 2.25 bits per heavy atom. The predicted molar refractivity (Wildman–Crippen MR) is 101 cm³/mol. The van der Waals surface area contributed by atoms with Crippen LogP contribution in [0.3, 0.4) is 0 Å². The second kappa shape index (κ2) is 8.97. The Morgan fingerprint density at radius 2 is 1.58 bits per heavy atom. The van der Waals surface area contributed by atoms with Crippen LogP contribution < -0.4 is 5.32 Å². The summed E-state index contributed by atoms with van der Waals surface area (Å²) in [7, 11) is 0. The van der Waals surface area contributed by atoms with Crippen LogP contribution in [-0.2, 0) is 13.1 Å². The van der Waals surface area contributed by atoms with E-state index in [1.807, 2.05) is 0 Å². The van der Waals surface area contributed by atoms with Gasteiger partial charge in [0.15, 0.2) is 0 Å². The van der Waals surface area contributed by atoms with E-state index in [1.54, 1.807) is 0 Å². The second-order valence-electron chi connectivity index (χ2n) is 6.77. The van der Waals surface area contributed by atoms with Crippen molar-refractivity contribution in [2.24, 2.45) is 0 Å². The van der Waals surface area contributed by atoms with E-state index in [0.29, 0.717) is 6.04 Å². The smallest absolute Gasteiger partial charge is 0.0237 e. The van der Waals surface area contributed by atoms with Crippen LogP contribution in [-0.4, -0.2) is 48.6 Å². The molecule has 3 nitrogen and oxygen atoms in total. The Morgan fingerprint density at radius 1 is 0.917 bits per heavy atom. The molecule has 1 aliphatic heterocycles. The maximum absolute atomic E-state index is 3.56. The highest BCUT2D eigenvalue weighted by atomic mass is 15.3. The molecular formula is C21H29N3. The molecule has 2 aromatic carbocycles. The van der Waals surface area contributed by atoms with Crippen LogP contribution in [0, 0.1) is 0 Å². The molecule has 0 amide bonds. The van der Waals surface area contributed by atoms with Crippen LogP contribution in [0.4, 0.5) is 0 Å². The largest absolute Gasteiger partial charge is 0.311 e. The van der Waals surface area contributed by atoms with Gasteiger partial charge in [0.25, 0.3) is 0 Å². The summed E-state index contributed by atoms with van der Waals surface area (Å²) in [5.41, 5.74) is 2.78. The molecule has 3 rings (SSSR count). The number of benzene rings is 2. The lowest BCUT2D eigenvalue weighted by Gasteiger charge is -2.40. The van der Waals surface area contributed by atoms with Crippen LogP contribution in [0.1, 0.15) is 18.1 Å². The third kappa shape index (κ3) is 5.17. The molecule has 0 spiro atoms. The van der Waals surface area contributed by atoms with Crippen molar-refractivity contribution in [2.45, 2.75) is 26.1 Å². The Labute approximate surface area is 146 Å². The molecule has 0 radical (unpaired) electrons. The number of piperazine rings is 1. The minimum atomic E-state index is 0.619. The van der Waals surface area contributed by atoms with Crippen LogP contribution in [0.25, 0.3) is 0 Å². The van der Waals surface area contributed by atoms with Crippen LogP contribution in [0.5, 0.6) is 0 Å². The minimum Gasteiger partial charge on any atom is -0.311 e. The number of rotatable bonds is 7. The molecule has 1 heterocycles. The van der Waals surface area contributed by atoms with Crippen molar-refractivity contribution >= 4 is 0 Å². The second-order valence-corrected chi connectivity index (χ2v) is 6.77. The molecule has 3 heteroatoms. The van der Waals surface area contributed by atoms with Gasteiger partial charge in [0, 0.05) is 51.9 Å². The van der Waals surface area contributed by atoms with Gasteiger partial charge in [0.1, 0.15) is 0 Å². The Balaban J connectivity index is 1.36. The van der Waals surface area contributed by atoms with Gasteiger partial charge in [-0.05, 0) is 18.1 Å². The Hall–Kier alpha value is -1.68. The summed E-state index contributed by atoms with van der Waals surface area (Å²) in [6, 6.07) is 22.1. The number of hydrogen-bond donors (Lipinski definition) is 1. The van der Waals surface area contributed by atoms with Gasteiger partial charge in [-0.25, -0.2) is 0 Å². The molecule has 1 unspecified atom stereocenters. The molecule has 0 aromatic heterocycles. The van der Waals surface area contributed by atoms with Crippen molar-refractivity contribution < 1.29 is 0 Å². The Bertz CT molecular complexity index is 583. The van der Waals surface area contributed by atoms with Gasteiger partial charge in [0.05, 0.1) is 0 Å². The van der Waals surface area contributed by atoms with E-state index in [2.05, 4.69) is 82.7 Å². The average Bonchev–Trinajstić information content (AvgIpc) is 2.63. The molecule has 2 aromatic rings. The normalized spacial score (nSPS) is 19.5. The third-order valence-corrected chi connectivity index (χ3v) is 4.85. The predicted octanol–water partition coefficient (Wildman–Crippen LogP) is 2.98. The molecule has 1 fully saturated rings. The highest BCUT2D eigenvalue weighted by Crippen LogP contribution is 2.13. The molecule has 1 aliphatic rings. The van der Waals surface area contributed by atoms with E-state index in [4.69, 9.17) is 0 Å². The van der Waals surface area contributed by atoms with Crippen molar-refractivity contribution in [3.63, 3.8) is 0 Å². The van der Waals surface area contributed by atoms with E-state index in [0.717, 1.165) is 32.7 Å². The van der Waals surface area contributed by atoms with Crippen molar-refractivity contribution in [1.82, 2.24) is 15.1 Å². The van der Waals surface area contributed by atoms with Gasteiger partial charge in [-0.3, -0.25) is 9.80 Å². The monoisotopic (exact) mass is 323 g/mol. The topological polar surface area (TPSA) is 18.5 Å². The molecule has 24 heavy (non-hydrogen) atoms. The summed E-state index contributed by atoms with van der Waals surface area (Å²) in [6.45, 7) is 10.1. The number of nitrogens with zero attached hydrogens (tertiary/aromatic N) is 2. The molecule has 128 valence electrons. The fourth-order valence-electron chi connectivity index (χ4n) is 3.39. The maximum atomic E-state index is 3.56. The van der Waals surface area contributed by atoms with Gasteiger partial charge in [-0.1, -0.05) is 60.7 Å². The van der Waals surface area contributed by atoms with Crippen molar-refractivity contribution in [3.05, 3.63) is 71.8 Å². The lowest BCUT2D eigenvalue weighted by molar-refractivity contribution is 0.0783. The lowest BCUT2D eigenvalue weighted by Crippen LogP contribution is -2.52. The summed E-state index contributed by atoms with van der Waals surface area (Å²) >= 11 is 0. The summed E-state index contributed by atoms with van der Waals surface area (Å²) in [5.74, 6) is 0. The lowest BCUT2D eigenvalue weighted by atomic mass is 10.1. The van der Waals surface area contributed by atoms with Gasteiger partial charge in [-0.15, -0.1) is 0 Å². The van der Waals surface area contributed by atoms with Gasteiger partial charge >= 0.3 is 0 Å². The Kier molecular flexibility index (Phi) is 6.41. The SMILES string of the molecule is CC1CN(CCNCc2ccccc2)CCN1Cc1ccccc1. The summed E-state index contributed by atoms with van der Waals surface area (Å²) in [5, 5.41) is 3.56. The quantitative estimate of drug-likeness (QED) is 0.790. The molecule has 0 aliphatic carbocycles. The first-order valence-corrected chi connectivity index (χ1v) is 9.06. The van der Waals surface area contributed by atoms with E-state index in [1.165, 1.54) is 24.2 Å². The number of nitrogens with one attached hydrogen (secondary N) is 1. The zero-order chi connectivity index (χ0) is 16.6. The zero-order valence-electron chi connectivity index (χ0n) is 14.7. The van der Waals surface area contributed by atoms with Crippen LogP contribution in [0.2, 0.25) is 0 Å². The van der Waals surface area contributed by atoms with E-state index < -0.39 is 0 Å². The van der Waals surface area contributed by atoms with Crippen molar-refractivity contribution in [1.29, 1.82) is 0 Å². The zero-order valence-corrected chi connectivity index (χ0v) is 14.7. The van der Waals surface area contributed by atoms with E-state index in [-0.39, 0.29) is 0 Å². The fraction of sp³-hybridized carbons (Fsp3) is 0.429. The molecule has 1 saturated heterocycles. The number of hydrogen-bond acceptors (Lipinski definition) is 3. The van der Waals surface area contributed by atoms with Gasteiger partial charge < -0.3 is 5.32 Å². The van der Waals surface area contributed by atoms with Gasteiger partial charge in [0.2, 0.25) is 0 Å². The van der Waals surface area contributed by atoms with Gasteiger partial charge in [-0.2, -0.15) is 0 Å². The van der Waals surface area contributed by atoms with Crippen molar-refractivity contribution in [3.8, 4) is 0 Å². The summed E-state index contributed by atoms with van der Waals surface area (Å²) in [4.78, 5) is 5.19. The fourth-order valence-corrected chi connectivity index (χ4v) is 3.39. The average molecular weight is 323 g/mol. The minimum absolute atomic E-state index is 0.619. The van der Waals surface area contributed by atoms with E-state index in [9.17, 15) is 0 Å². The highest BCUT2D eigenvalue weighted by molar-refractivity contribution is 5.15. The van der Waals surface area contributed by atoms with Crippen molar-refractivity contribution in [2.75, 3.05) is 32.7 Å². The summed E-state index contributed by atoms with van der Waals surface area (Å²) in [6.07, 6.45) is 0. The first-order valence-electron chi connectivity index (χ1n) is 9.06.